The number of allylic oxidation sites excluding steroid dienone is 1. The second kappa shape index (κ2) is 26.4. The van der Waals surface area contributed by atoms with E-state index in [4.69, 9.17) is 28.9 Å². The summed E-state index contributed by atoms with van der Waals surface area (Å²) in [4.78, 5) is 26.4. The van der Waals surface area contributed by atoms with Crippen molar-refractivity contribution < 1.29 is 38.8 Å². The topological polar surface area (TPSA) is 122 Å². The number of aliphatic hydroxyl groups excluding tert-OH is 2. The van der Waals surface area contributed by atoms with Crippen molar-refractivity contribution >= 4 is 22.4 Å². The summed E-state index contributed by atoms with van der Waals surface area (Å²) in [6.07, 6.45) is 22.7. The highest BCUT2D eigenvalue weighted by Gasteiger charge is 2.65. The Morgan fingerprint density at radius 2 is 1.69 bits per heavy atom. The highest BCUT2D eigenvalue weighted by molar-refractivity contribution is 6.03. The average Bonchev–Trinajstić information content (AvgIpc) is 4.22. The van der Waals surface area contributed by atoms with Crippen molar-refractivity contribution in [3.05, 3.63) is 96.1 Å². The molecule has 382 valence electrons. The fraction of sp³-hybridized carbons (Fsp3) is 0.627. The average molecular weight is 962 g/mol. The Balaban J connectivity index is 1.26. The third kappa shape index (κ3) is 13.0. The van der Waals surface area contributed by atoms with Gasteiger partial charge in [-0.15, -0.1) is 6.58 Å². The van der Waals surface area contributed by atoms with Crippen LogP contribution < -0.4 is 9.47 Å². The van der Waals surface area contributed by atoms with Gasteiger partial charge in [0.05, 0.1) is 24.8 Å². The Morgan fingerprint density at radius 3 is 2.44 bits per heavy atom. The molecule has 11 nitrogen and oxygen atoms in total. The van der Waals surface area contributed by atoms with E-state index in [2.05, 4.69) is 84.0 Å². The normalized spacial score (nSPS) is 25.4. The lowest BCUT2D eigenvalue weighted by molar-refractivity contribution is -0.258. The molecule has 3 heterocycles. The predicted molar refractivity (Wildman–Crippen MR) is 278 cm³/mol. The molecule has 0 spiro atoms. The summed E-state index contributed by atoms with van der Waals surface area (Å²) < 4.78 is 27.6. The highest BCUT2D eigenvalue weighted by atomic mass is 16.8. The molecule has 3 aromatic rings. The summed E-state index contributed by atoms with van der Waals surface area (Å²) in [5.74, 6) is -0.0124. The number of fused-ring (bicyclic) bond motifs is 3. The van der Waals surface area contributed by atoms with Gasteiger partial charge >= 0.3 is 0 Å². The second-order valence-corrected chi connectivity index (χ2v) is 20.6. The van der Waals surface area contributed by atoms with Crippen LogP contribution in [0.1, 0.15) is 152 Å². The number of carbonyl (C=O) groups excluding carboxylic acids is 1. The molecule has 2 aliphatic carbocycles. The maximum atomic E-state index is 15.5. The largest absolute Gasteiger partial charge is 0.492 e. The quantitative estimate of drug-likeness (QED) is 0.0291. The van der Waals surface area contributed by atoms with Gasteiger partial charge in [-0.25, -0.2) is 0 Å². The van der Waals surface area contributed by atoms with Crippen molar-refractivity contribution in [1.29, 1.82) is 0 Å². The summed E-state index contributed by atoms with van der Waals surface area (Å²) in [6.45, 7) is 11.6. The summed E-state index contributed by atoms with van der Waals surface area (Å²) in [6, 6.07) is 20.5. The fourth-order valence-corrected chi connectivity index (χ4v) is 12.0. The molecule has 3 fully saturated rings. The van der Waals surface area contributed by atoms with Crippen LogP contribution in [0.4, 0.5) is 0 Å². The molecule has 70 heavy (non-hydrogen) atoms. The number of oxime groups is 1. The Kier molecular flexibility index (Phi) is 19.7. The van der Waals surface area contributed by atoms with Crippen molar-refractivity contribution in [1.82, 2.24) is 9.80 Å². The number of carbonyl (C=O) groups is 1. The van der Waals surface area contributed by atoms with Crippen LogP contribution in [0.3, 0.4) is 0 Å². The molecule has 11 heteroatoms. The molecular weight excluding hydrogens is 879 g/mol. The molecule has 5 aliphatic rings. The summed E-state index contributed by atoms with van der Waals surface area (Å²) >= 11 is 0. The van der Waals surface area contributed by atoms with E-state index in [-0.39, 0.29) is 43.5 Å². The van der Waals surface area contributed by atoms with Crippen LogP contribution >= 0.6 is 0 Å². The van der Waals surface area contributed by atoms with Gasteiger partial charge in [0.2, 0.25) is 18.0 Å². The lowest BCUT2D eigenvalue weighted by Gasteiger charge is -2.60. The molecular formula is C59H83N3O8. The zero-order valence-corrected chi connectivity index (χ0v) is 42.3. The minimum atomic E-state index is -1.34. The third-order valence-electron chi connectivity index (χ3n) is 15.7. The van der Waals surface area contributed by atoms with Crippen LogP contribution in [0.5, 0.6) is 11.5 Å². The Morgan fingerprint density at radius 1 is 0.914 bits per heavy atom. The second-order valence-electron chi connectivity index (χ2n) is 20.6. The number of unbranched alkanes of at least 4 members (excludes halogenated alkanes) is 10. The van der Waals surface area contributed by atoms with Crippen molar-refractivity contribution in [2.24, 2.45) is 22.9 Å². The molecule has 8 rings (SSSR count). The SMILES string of the molecule is C=CCO[C@@]12Oc3ccc(OCCN4CC4)cc3[C@H]3[C@H](CCCCO)[C@@H](CCCCO)C=C(C(=NOC4CCCCO4)C[C@@H]1N(Cc1cccc4ccccc14)C(=O)CCCCCCCCCCC)[C@H]32. The first-order chi connectivity index (χ1) is 34.5. The molecule has 0 radical (unpaired) electrons. The van der Waals surface area contributed by atoms with Crippen LogP contribution in [0.2, 0.25) is 0 Å². The van der Waals surface area contributed by atoms with Crippen LogP contribution in [0, 0.1) is 17.8 Å². The zero-order valence-electron chi connectivity index (χ0n) is 42.3. The fourth-order valence-electron chi connectivity index (χ4n) is 12.0. The van der Waals surface area contributed by atoms with Gasteiger partial charge < -0.3 is 38.9 Å². The van der Waals surface area contributed by atoms with Crippen molar-refractivity contribution in [3.8, 4) is 11.5 Å². The Bertz CT molecular complexity index is 2180. The Hall–Kier alpha value is -4.26. The minimum absolute atomic E-state index is 0.0732. The predicted octanol–water partition coefficient (Wildman–Crippen LogP) is 11.6. The third-order valence-corrected chi connectivity index (χ3v) is 15.7. The zero-order chi connectivity index (χ0) is 48.5. The smallest absolute Gasteiger partial charge is 0.239 e. The number of hydrogen-bond donors (Lipinski definition) is 2. The van der Waals surface area contributed by atoms with Gasteiger partial charge in [0.1, 0.15) is 24.1 Å². The minimum Gasteiger partial charge on any atom is -0.492 e. The number of hydrogen-bond acceptors (Lipinski definition) is 10. The van der Waals surface area contributed by atoms with E-state index in [0.717, 1.165) is 129 Å². The van der Waals surface area contributed by atoms with E-state index < -0.39 is 24.0 Å². The van der Waals surface area contributed by atoms with E-state index in [0.29, 0.717) is 45.4 Å². The lowest BCUT2D eigenvalue weighted by atomic mass is 9.55. The molecule has 0 bridgehead atoms. The summed E-state index contributed by atoms with van der Waals surface area (Å²) in [5, 5.41) is 27.5. The van der Waals surface area contributed by atoms with Gasteiger partial charge in [0.15, 0.2) is 0 Å². The van der Waals surface area contributed by atoms with E-state index in [9.17, 15) is 10.2 Å². The van der Waals surface area contributed by atoms with Gasteiger partial charge in [0, 0.05) is 70.1 Å². The van der Waals surface area contributed by atoms with Crippen molar-refractivity contribution in [3.63, 3.8) is 0 Å². The van der Waals surface area contributed by atoms with E-state index >= 15 is 4.79 Å². The molecule has 0 aromatic heterocycles. The number of nitrogens with zero attached hydrogens (tertiary/aromatic N) is 3. The monoisotopic (exact) mass is 962 g/mol. The van der Waals surface area contributed by atoms with Crippen LogP contribution in [-0.4, -0.2) is 102 Å². The first-order valence-electron chi connectivity index (χ1n) is 27.4. The van der Waals surface area contributed by atoms with Gasteiger partial charge in [0.25, 0.3) is 0 Å². The van der Waals surface area contributed by atoms with E-state index in [1.54, 1.807) is 6.08 Å². The van der Waals surface area contributed by atoms with Gasteiger partial charge in [-0.2, -0.15) is 0 Å². The van der Waals surface area contributed by atoms with Crippen molar-refractivity contribution in [2.75, 3.05) is 52.7 Å². The molecule has 3 aliphatic heterocycles. The van der Waals surface area contributed by atoms with Crippen LogP contribution in [0.15, 0.2) is 90.1 Å². The first-order valence-corrected chi connectivity index (χ1v) is 27.4. The number of amides is 1. The maximum absolute atomic E-state index is 15.5. The summed E-state index contributed by atoms with van der Waals surface area (Å²) in [5.41, 5.74) is 3.96. The molecule has 1 amide bonds. The lowest BCUT2D eigenvalue weighted by Crippen LogP contribution is -2.70. The van der Waals surface area contributed by atoms with E-state index in [1.165, 1.54) is 38.5 Å². The standard InChI is InChI=1S/C59H83N3O8/c1-3-5-6-7-8-9-10-11-12-28-55(65)62(43-46-25-21-24-44-22-13-14-26-48(44)46)54-42-52(60-70-56-29-17-20-38-67-56)50-40-45(23-15-18-35-63)49(27-16-19-36-64)57-51-41-47(66-39-34-61-32-33-61)30-31-53(51)69-59(54,58(50)57)68-37-4-2/h4,13-14,21-22,24-26,30-31,40-41,45,49,54,56-58,63-64H,2-3,5-12,15-20,23,27-29,32-39,42-43H2,1H3/t45-,49+,54-,56?,57+,58+,59+/m0/s1. The van der Waals surface area contributed by atoms with E-state index in [1.807, 2.05) is 6.07 Å². The van der Waals surface area contributed by atoms with Crippen LogP contribution in [-0.2, 0) is 25.7 Å². The summed E-state index contributed by atoms with van der Waals surface area (Å²) in [7, 11) is 0. The first kappa shape index (κ1) is 52.1. The molecule has 1 saturated carbocycles. The molecule has 2 N–H and O–H groups in total. The maximum Gasteiger partial charge on any atom is 0.239 e. The molecule has 2 saturated heterocycles. The van der Waals surface area contributed by atoms with Crippen molar-refractivity contribution in [2.45, 2.75) is 166 Å². The van der Waals surface area contributed by atoms with Gasteiger partial charge in [-0.1, -0.05) is 131 Å². The number of aliphatic hydroxyl groups is 2. The molecule has 3 aromatic carbocycles. The van der Waals surface area contributed by atoms with Gasteiger partial charge in [-0.3, -0.25) is 9.69 Å². The molecule has 7 atom stereocenters. The van der Waals surface area contributed by atoms with Gasteiger partial charge in [-0.05, 0) is 96.9 Å². The Labute approximate surface area is 418 Å². The number of benzene rings is 3. The highest BCUT2D eigenvalue weighted by Crippen LogP contribution is 2.62. The van der Waals surface area contributed by atoms with Crippen LogP contribution in [0.25, 0.3) is 10.8 Å². The number of ether oxygens (including phenoxy) is 4. The molecule has 1 unspecified atom stereocenters. The number of rotatable bonds is 30.